The van der Waals surface area contributed by atoms with Crippen LogP contribution in [-0.4, -0.2) is 22.1 Å². The summed E-state index contributed by atoms with van der Waals surface area (Å²) in [7, 11) is 0. The number of H-pyrrole nitrogens is 1. The number of benzene rings is 1. The summed E-state index contributed by atoms with van der Waals surface area (Å²) in [6.45, 7) is 2.64. The summed E-state index contributed by atoms with van der Waals surface area (Å²) in [6, 6.07) is 7.69. The number of aromatic nitrogens is 4. The lowest BCUT2D eigenvalue weighted by molar-refractivity contribution is -0.660. The quantitative estimate of drug-likeness (QED) is 0.718. The lowest BCUT2D eigenvalue weighted by Crippen LogP contribution is -2.31. The Balaban J connectivity index is 2.22. The molecule has 1 aromatic carbocycles. The number of tetrazole rings is 1. The average molecular weight is 191 g/mol. The largest absolute Gasteiger partial charge is 0.494 e. The van der Waals surface area contributed by atoms with Gasteiger partial charge in [-0.2, -0.15) is 0 Å². The zero-order valence-corrected chi connectivity index (χ0v) is 7.84. The lowest BCUT2D eigenvalue weighted by atomic mass is 10.3. The van der Waals surface area contributed by atoms with Crippen LogP contribution in [0.15, 0.2) is 30.6 Å². The second-order valence-electron chi connectivity index (χ2n) is 2.73. The van der Waals surface area contributed by atoms with Crippen LogP contribution in [0.5, 0.6) is 5.75 Å². The predicted octanol–water partition coefficient (Wildman–Crippen LogP) is 0.480. The monoisotopic (exact) mass is 191 g/mol. The molecular weight excluding hydrogens is 180 g/mol. The van der Waals surface area contributed by atoms with Gasteiger partial charge in [0, 0.05) is 0 Å². The van der Waals surface area contributed by atoms with E-state index in [4.69, 9.17) is 4.74 Å². The van der Waals surface area contributed by atoms with E-state index in [2.05, 4.69) is 15.5 Å². The molecule has 2 rings (SSSR count). The van der Waals surface area contributed by atoms with Crippen LogP contribution in [0, 0.1) is 0 Å². The van der Waals surface area contributed by atoms with E-state index < -0.39 is 0 Å². The van der Waals surface area contributed by atoms with E-state index in [9.17, 15) is 0 Å². The highest BCUT2D eigenvalue weighted by Crippen LogP contribution is 2.11. The van der Waals surface area contributed by atoms with E-state index in [1.807, 2.05) is 31.2 Å². The van der Waals surface area contributed by atoms with Crippen molar-refractivity contribution in [1.29, 1.82) is 0 Å². The first-order chi connectivity index (χ1) is 6.90. The van der Waals surface area contributed by atoms with Crippen LogP contribution in [0.25, 0.3) is 5.69 Å². The van der Waals surface area contributed by atoms with E-state index in [1.165, 1.54) is 0 Å². The Labute approximate surface area is 81.3 Å². The van der Waals surface area contributed by atoms with Gasteiger partial charge in [-0.25, -0.2) is 0 Å². The zero-order chi connectivity index (χ0) is 9.80. The maximum Gasteiger partial charge on any atom is 0.293 e. The van der Waals surface area contributed by atoms with Gasteiger partial charge in [-0.05, 0) is 31.2 Å². The third-order valence-corrected chi connectivity index (χ3v) is 1.80. The molecule has 0 aliphatic carbocycles. The van der Waals surface area contributed by atoms with Crippen LogP contribution in [0.4, 0.5) is 0 Å². The molecule has 5 nitrogen and oxygen atoms in total. The third kappa shape index (κ3) is 1.71. The summed E-state index contributed by atoms with van der Waals surface area (Å²) in [4.78, 5) is 0. The predicted molar refractivity (Wildman–Crippen MR) is 49.1 cm³/mol. The fourth-order valence-corrected chi connectivity index (χ4v) is 1.17. The van der Waals surface area contributed by atoms with Crippen molar-refractivity contribution in [2.45, 2.75) is 6.92 Å². The van der Waals surface area contributed by atoms with Gasteiger partial charge in [-0.1, -0.05) is 5.21 Å². The number of hydrogen-bond donors (Lipinski definition) is 1. The average Bonchev–Trinajstić information content (AvgIpc) is 2.72. The van der Waals surface area contributed by atoms with Crippen molar-refractivity contribution in [3.05, 3.63) is 30.6 Å². The van der Waals surface area contributed by atoms with E-state index in [0.29, 0.717) is 6.61 Å². The van der Waals surface area contributed by atoms with E-state index >= 15 is 0 Å². The van der Waals surface area contributed by atoms with Crippen molar-refractivity contribution in [3.63, 3.8) is 0 Å². The highest BCUT2D eigenvalue weighted by atomic mass is 16.5. The van der Waals surface area contributed by atoms with Crippen LogP contribution in [0.3, 0.4) is 0 Å². The smallest absolute Gasteiger partial charge is 0.293 e. The maximum absolute atomic E-state index is 5.33. The minimum Gasteiger partial charge on any atom is -0.494 e. The Morgan fingerprint density at radius 1 is 1.36 bits per heavy atom. The molecule has 0 aliphatic heterocycles. The number of nitrogens with zero attached hydrogens (tertiary/aromatic N) is 3. The van der Waals surface area contributed by atoms with Gasteiger partial charge in [0.1, 0.15) is 16.5 Å². The van der Waals surface area contributed by atoms with Gasteiger partial charge in [0.25, 0.3) is 6.33 Å². The van der Waals surface area contributed by atoms with Crippen LogP contribution >= 0.6 is 0 Å². The molecule has 0 bridgehead atoms. The molecule has 0 saturated heterocycles. The minimum atomic E-state index is 0.679. The molecule has 0 spiro atoms. The van der Waals surface area contributed by atoms with Crippen molar-refractivity contribution in [3.8, 4) is 11.4 Å². The van der Waals surface area contributed by atoms with Gasteiger partial charge < -0.3 is 4.74 Å². The van der Waals surface area contributed by atoms with Crippen molar-refractivity contribution in [1.82, 2.24) is 15.5 Å². The number of hydrogen-bond acceptors (Lipinski definition) is 3. The first kappa shape index (κ1) is 8.68. The Kier molecular flexibility index (Phi) is 2.40. The molecule has 72 valence electrons. The van der Waals surface area contributed by atoms with E-state index in [-0.39, 0.29) is 0 Å². The van der Waals surface area contributed by atoms with Crippen LogP contribution in [-0.2, 0) is 0 Å². The molecule has 0 unspecified atom stereocenters. The van der Waals surface area contributed by atoms with E-state index in [1.54, 1.807) is 11.0 Å². The third-order valence-electron chi connectivity index (χ3n) is 1.80. The van der Waals surface area contributed by atoms with E-state index in [0.717, 1.165) is 11.4 Å². The van der Waals surface area contributed by atoms with Crippen LogP contribution in [0.2, 0.25) is 0 Å². The molecule has 0 aliphatic rings. The SMILES string of the molecule is CCOc1ccc(-[n+]2cnn[nH]2)cc1. The normalized spacial score (nSPS) is 10.1. The summed E-state index contributed by atoms with van der Waals surface area (Å²) >= 11 is 0. The molecule has 1 aromatic heterocycles. The second-order valence-corrected chi connectivity index (χ2v) is 2.73. The Morgan fingerprint density at radius 2 is 2.14 bits per heavy atom. The van der Waals surface area contributed by atoms with Crippen molar-refractivity contribution in [2.24, 2.45) is 0 Å². The number of aromatic amines is 1. The number of rotatable bonds is 3. The maximum atomic E-state index is 5.33. The van der Waals surface area contributed by atoms with Crippen molar-refractivity contribution < 1.29 is 9.42 Å². The lowest BCUT2D eigenvalue weighted by Gasteiger charge is -2.01. The Hall–Kier alpha value is -1.91. The van der Waals surface area contributed by atoms with Gasteiger partial charge in [-0.3, -0.25) is 0 Å². The van der Waals surface area contributed by atoms with Gasteiger partial charge in [0.2, 0.25) is 0 Å². The topological polar surface area (TPSA) is 54.7 Å². The molecule has 1 N–H and O–H groups in total. The fourth-order valence-electron chi connectivity index (χ4n) is 1.17. The molecule has 0 atom stereocenters. The molecule has 0 fully saturated rings. The van der Waals surface area contributed by atoms with Gasteiger partial charge in [-0.15, -0.1) is 4.68 Å². The molecule has 5 heteroatoms. The number of ether oxygens (including phenoxy) is 1. The Morgan fingerprint density at radius 3 is 2.71 bits per heavy atom. The van der Waals surface area contributed by atoms with Gasteiger partial charge in [0.15, 0.2) is 5.21 Å². The molecule has 14 heavy (non-hydrogen) atoms. The molecule has 0 radical (unpaired) electrons. The highest BCUT2D eigenvalue weighted by molar-refractivity contribution is 5.30. The molecule has 0 saturated carbocycles. The molecule has 0 amide bonds. The Bertz CT molecular complexity index is 382. The van der Waals surface area contributed by atoms with Gasteiger partial charge in [0.05, 0.1) is 6.61 Å². The summed E-state index contributed by atoms with van der Waals surface area (Å²) < 4.78 is 7.05. The summed E-state index contributed by atoms with van der Waals surface area (Å²) in [5.74, 6) is 0.865. The molecule has 2 aromatic rings. The molecule has 1 heterocycles. The first-order valence-electron chi connectivity index (χ1n) is 4.41. The summed E-state index contributed by atoms with van der Waals surface area (Å²) in [5, 5.41) is 10.0. The zero-order valence-electron chi connectivity index (χ0n) is 7.84. The van der Waals surface area contributed by atoms with Crippen molar-refractivity contribution >= 4 is 0 Å². The summed E-state index contributed by atoms with van der Waals surface area (Å²) in [6.07, 6.45) is 1.61. The standard InChI is InChI=1S/C9H10N4O/c1-2-14-9-5-3-8(4-6-9)13-7-10-11-12-13/h3-7H,2H2,1H3/p+1. The first-order valence-corrected chi connectivity index (χ1v) is 4.41. The summed E-state index contributed by atoms with van der Waals surface area (Å²) in [5.41, 5.74) is 0.971. The fraction of sp³-hybridized carbons (Fsp3) is 0.222. The van der Waals surface area contributed by atoms with Gasteiger partial charge >= 0.3 is 0 Å². The molecular formula is C9H11N4O+. The number of nitrogens with one attached hydrogen (secondary N) is 1. The highest BCUT2D eigenvalue weighted by Gasteiger charge is 2.02. The van der Waals surface area contributed by atoms with Crippen molar-refractivity contribution in [2.75, 3.05) is 6.61 Å². The van der Waals surface area contributed by atoms with Crippen LogP contribution in [0.1, 0.15) is 6.92 Å². The van der Waals surface area contributed by atoms with Crippen LogP contribution < -0.4 is 9.42 Å². The minimum absolute atomic E-state index is 0.679. The second kappa shape index (κ2) is 3.87.